The van der Waals surface area contributed by atoms with Gasteiger partial charge < -0.3 is 19.6 Å². The van der Waals surface area contributed by atoms with Gasteiger partial charge in [0.1, 0.15) is 11.6 Å². The number of guanidine groups is 1. The molecule has 0 aliphatic rings. The number of benzene rings is 1. The van der Waals surface area contributed by atoms with E-state index < -0.39 is 0 Å². The minimum absolute atomic E-state index is 0. The van der Waals surface area contributed by atoms with Gasteiger partial charge in [0.2, 0.25) is 5.89 Å². The van der Waals surface area contributed by atoms with E-state index in [0.717, 1.165) is 31.1 Å². The van der Waals surface area contributed by atoms with Gasteiger partial charge in [-0.1, -0.05) is 51.1 Å². The van der Waals surface area contributed by atoms with E-state index >= 15 is 0 Å². The zero-order valence-corrected chi connectivity index (χ0v) is 20.4. The summed E-state index contributed by atoms with van der Waals surface area (Å²) in [5.74, 6) is 3.28. The molecule has 0 aliphatic carbocycles. The van der Waals surface area contributed by atoms with Crippen LogP contribution >= 0.6 is 24.0 Å². The fourth-order valence-corrected chi connectivity index (χ4v) is 2.90. The van der Waals surface area contributed by atoms with Gasteiger partial charge in [0, 0.05) is 44.4 Å². The summed E-state index contributed by atoms with van der Waals surface area (Å²) in [6.07, 6.45) is 6.46. The molecular weight excluding hydrogens is 491 g/mol. The monoisotopic (exact) mass is 522 g/mol. The highest BCUT2D eigenvalue weighted by Crippen LogP contribution is 2.22. The molecule has 7 nitrogen and oxygen atoms in total. The molecule has 0 fully saturated rings. The normalized spacial score (nSPS) is 11.8. The second-order valence-electron chi connectivity index (χ2n) is 7.93. The summed E-state index contributed by atoms with van der Waals surface area (Å²) in [5.41, 5.74) is 1.21. The number of oxazole rings is 1. The van der Waals surface area contributed by atoms with E-state index in [0.29, 0.717) is 18.4 Å². The van der Waals surface area contributed by atoms with Crippen molar-refractivity contribution < 1.29 is 4.42 Å². The van der Waals surface area contributed by atoms with Crippen molar-refractivity contribution in [3.05, 3.63) is 72.0 Å². The Kier molecular flexibility index (Phi) is 8.88. The molecule has 0 aliphatic heterocycles. The Morgan fingerprint density at radius 3 is 2.57 bits per heavy atom. The van der Waals surface area contributed by atoms with Crippen molar-refractivity contribution >= 4 is 29.9 Å². The number of aromatic nitrogens is 3. The smallest absolute Gasteiger partial charge is 0.213 e. The molecule has 2 N–H and O–H groups in total. The SMILES string of the molecule is CN=C(NCCc1nccn1Cc1ccccc1)NCc1ncc(C(C)(C)C)o1.I. The lowest BCUT2D eigenvalue weighted by Crippen LogP contribution is -2.38. The summed E-state index contributed by atoms with van der Waals surface area (Å²) in [6, 6.07) is 10.4. The lowest BCUT2D eigenvalue weighted by Gasteiger charge is -2.13. The van der Waals surface area contributed by atoms with Gasteiger partial charge in [-0.05, 0) is 5.56 Å². The molecule has 2 heterocycles. The third-order valence-electron chi connectivity index (χ3n) is 4.56. The van der Waals surface area contributed by atoms with Crippen LogP contribution in [0.15, 0.2) is 58.3 Å². The highest BCUT2D eigenvalue weighted by atomic mass is 127. The van der Waals surface area contributed by atoms with Crippen LogP contribution in [0, 0.1) is 0 Å². The molecular formula is C22H31IN6O. The van der Waals surface area contributed by atoms with Crippen LogP contribution in [-0.2, 0) is 24.9 Å². The van der Waals surface area contributed by atoms with E-state index in [2.05, 4.69) is 75.2 Å². The summed E-state index contributed by atoms with van der Waals surface area (Å²) in [7, 11) is 1.75. The molecule has 0 saturated carbocycles. The molecule has 162 valence electrons. The Labute approximate surface area is 195 Å². The van der Waals surface area contributed by atoms with Crippen LogP contribution < -0.4 is 10.6 Å². The molecule has 3 aromatic rings. The van der Waals surface area contributed by atoms with Gasteiger partial charge in [0.05, 0.1) is 12.7 Å². The fourth-order valence-electron chi connectivity index (χ4n) is 2.90. The van der Waals surface area contributed by atoms with Crippen molar-refractivity contribution in [3.8, 4) is 0 Å². The third kappa shape index (κ3) is 6.86. The fraction of sp³-hybridized carbons (Fsp3) is 0.409. The van der Waals surface area contributed by atoms with Gasteiger partial charge in [-0.2, -0.15) is 0 Å². The second kappa shape index (κ2) is 11.1. The maximum absolute atomic E-state index is 5.81. The highest BCUT2D eigenvalue weighted by molar-refractivity contribution is 14.0. The summed E-state index contributed by atoms with van der Waals surface area (Å²) in [5, 5.41) is 6.56. The lowest BCUT2D eigenvalue weighted by molar-refractivity contribution is 0.379. The van der Waals surface area contributed by atoms with Crippen molar-refractivity contribution in [2.75, 3.05) is 13.6 Å². The zero-order valence-electron chi connectivity index (χ0n) is 18.1. The van der Waals surface area contributed by atoms with Crippen LogP contribution in [0.2, 0.25) is 0 Å². The molecule has 0 saturated heterocycles. The van der Waals surface area contributed by atoms with Gasteiger partial charge in [0.15, 0.2) is 5.96 Å². The number of hydrogen-bond acceptors (Lipinski definition) is 4. The molecule has 0 amide bonds. The van der Waals surface area contributed by atoms with Gasteiger partial charge >= 0.3 is 0 Å². The minimum atomic E-state index is -0.0488. The molecule has 0 atom stereocenters. The van der Waals surface area contributed by atoms with Gasteiger partial charge in [0.25, 0.3) is 0 Å². The third-order valence-corrected chi connectivity index (χ3v) is 4.56. The maximum atomic E-state index is 5.81. The van der Waals surface area contributed by atoms with Crippen molar-refractivity contribution in [1.29, 1.82) is 0 Å². The molecule has 0 unspecified atom stereocenters. The second-order valence-corrected chi connectivity index (χ2v) is 7.93. The standard InChI is InChI=1S/C22H30N6O.HI/c1-22(2,3)18-14-26-20(29-18)15-27-21(23-4)25-11-10-19-24-12-13-28(19)16-17-8-6-5-7-9-17;/h5-9,12-14H,10-11,15-16H2,1-4H3,(H2,23,25,27);1H. The predicted molar refractivity (Wildman–Crippen MR) is 130 cm³/mol. The Hall–Kier alpha value is -2.36. The Balaban J connectivity index is 0.00000320. The number of aliphatic imine (C=N–C) groups is 1. The van der Waals surface area contributed by atoms with E-state index in [9.17, 15) is 0 Å². The van der Waals surface area contributed by atoms with E-state index in [1.165, 1.54) is 5.56 Å². The summed E-state index contributed by atoms with van der Waals surface area (Å²) in [4.78, 5) is 13.1. The molecule has 2 aromatic heterocycles. The first-order valence-corrected chi connectivity index (χ1v) is 9.89. The minimum Gasteiger partial charge on any atom is -0.443 e. The summed E-state index contributed by atoms with van der Waals surface area (Å²) in [6.45, 7) is 8.35. The quantitative estimate of drug-likeness (QED) is 0.281. The number of hydrogen-bond donors (Lipinski definition) is 2. The van der Waals surface area contributed by atoms with Crippen molar-refractivity contribution in [2.45, 2.75) is 45.7 Å². The first-order chi connectivity index (χ1) is 14.0. The number of imidazole rings is 1. The number of rotatable bonds is 7. The number of nitrogens with zero attached hydrogens (tertiary/aromatic N) is 4. The first kappa shape index (κ1) is 23.9. The van der Waals surface area contributed by atoms with Crippen LogP contribution in [0.5, 0.6) is 0 Å². The van der Waals surface area contributed by atoms with E-state index in [4.69, 9.17) is 4.42 Å². The zero-order chi connectivity index (χ0) is 20.7. The molecule has 0 radical (unpaired) electrons. The van der Waals surface area contributed by atoms with Crippen LogP contribution in [-0.4, -0.2) is 34.1 Å². The van der Waals surface area contributed by atoms with Gasteiger partial charge in [-0.25, -0.2) is 9.97 Å². The summed E-state index contributed by atoms with van der Waals surface area (Å²) >= 11 is 0. The van der Waals surface area contributed by atoms with Crippen LogP contribution in [0.4, 0.5) is 0 Å². The van der Waals surface area contributed by atoms with E-state index in [1.54, 1.807) is 13.2 Å². The van der Waals surface area contributed by atoms with Gasteiger partial charge in [-0.15, -0.1) is 24.0 Å². The van der Waals surface area contributed by atoms with Crippen LogP contribution in [0.1, 0.15) is 43.8 Å². The number of nitrogens with one attached hydrogen (secondary N) is 2. The summed E-state index contributed by atoms with van der Waals surface area (Å²) < 4.78 is 7.98. The molecule has 1 aromatic carbocycles. The molecule has 0 spiro atoms. The van der Waals surface area contributed by atoms with E-state index in [-0.39, 0.29) is 29.4 Å². The maximum Gasteiger partial charge on any atom is 0.213 e. The average Bonchev–Trinajstić information content (AvgIpc) is 3.35. The Bertz CT molecular complexity index is 927. The van der Waals surface area contributed by atoms with Gasteiger partial charge in [-0.3, -0.25) is 4.99 Å². The van der Waals surface area contributed by atoms with Crippen molar-refractivity contribution in [3.63, 3.8) is 0 Å². The van der Waals surface area contributed by atoms with Crippen LogP contribution in [0.25, 0.3) is 0 Å². The van der Waals surface area contributed by atoms with Crippen molar-refractivity contribution in [2.24, 2.45) is 4.99 Å². The van der Waals surface area contributed by atoms with Crippen molar-refractivity contribution in [1.82, 2.24) is 25.2 Å². The lowest BCUT2D eigenvalue weighted by atomic mass is 9.94. The molecule has 3 rings (SSSR count). The van der Waals surface area contributed by atoms with E-state index in [1.807, 2.05) is 18.5 Å². The molecule has 0 bridgehead atoms. The highest BCUT2D eigenvalue weighted by Gasteiger charge is 2.19. The molecule has 30 heavy (non-hydrogen) atoms. The number of halogens is 1. The largest absolute Gasteiger partial charge is 0.443 e. The first-order valence-electron chi connectivity index (χ1n) is 9.89. The predicted octanol–water partition coefficient (Wildman–Crippen LogP) is 3.74. The Morgan fingerprint density at radius 2 is 1.90 bits per heavy atom. The van der Waals surface area contributed by atoms with Crippen LogP contribution in [0.3, 0.4) is 0 Å². The molecule has 8 heteroatoms. The average molecular weight is 522 g/mol. The topological polar surface area (TPSA) is 80.3 Å². The Morgan fingerprint density at radius 1 is 1.13 bits per heavy atom.